The van der Waals surface area contributed by atoms with Gasteiger partial charge < -0.3 is 5.43 Å². The van der Waals surface area contributed by atoms with Crippen molar-refractivity contribution in [3.63, 3.8) is 0 Å². The fraction of sp³-hybridized carbons (Fsp3) is 0.143. The lowest BCUT2D eigenvalue weighted by Crippen LogP contribution is -2.24. The maximum absolute atomic E-state index is 12.5. The summed E-state index contributed by atoms with van der Waals surface area (Å²) in [5.41, 5.74) is 1.56. The van der Waals surface area contributed by atoms with Crippen LogP contribution in [0, 0.1) is 0 Å². The number of hydrazine groups is 1. The molecule has 0 saturated carbocycles. The zero-order valence-corrected chi connectivity index (χ0v) is 12.1. The van der Waals surface area contributed by atoms with Crippen LogP contribution in [0.3, 0.4) is 0 Å². The first kappa shape index (κ1) is 16.3. The molecule has 0 spiro atoms. The first-order chi connectivity index (χ1) is 10.3. The van der Waals surface area contributed by atoms with Crippen molar-refractivity contribution in [2.45, 2.75) is 16.9 Å². The molecule has 0 fully saturated rings. The summed E-state index contributed by atoms with van der Waals surface area (Å²) in [7, 11) is -5.32. The number of alkyl halides is 3. The molecule has 2 N–H and O–H groups in total. The van der Waals surface area contributed by atoms with Crippen LogP contribution in [0.5, 0.6) is 0 Å². The molecule has 0 aliphatic heterocycles. The molecule has 0 saturated heterocycles. The summed E-state index contributed by atoms with van der Waals surface area (Å²) in [6.07, 6.45) is 0. The van der Waals surface area contributed by atoms with E-state index in [1.54, 1.807) is 12.1 Å². The number of sulfone groups is 1. The zero-order valence-electron chi connectivity index (χ0n) is 11.3. The Kier molecular flexibility index (Phi) is 4.72. The van der Waals surface area contributed by atoms with Gasteiger partial charge in [-0.05, 0) is 29.8 Å². The van der Waals surface area contributed by atoms with Crippen LogP contribution in [0.25, 0.3) is 0 Å². The van der Waals surface area contributed by atoms with E-state index >= 15 is 0 Å². The van der Waals surface area contributed by atoms with Crippen LogP contribution < -0.4 is 10.9 Å². The first-order valence-corrected chi connectivity index (χ1v) is 7.73. The molecular weight excluding hydrogens is 317 g/mol. The SMILES string of the molecule is O=S(=O)(c1cccc(CNNc2ccccc2)c1)C(F)(F)F. The molecule has 0 aliphatic rings. The lowest BCUT2D eigenvalue weighted by atomic mass is 10.2. The Bertz CT molecular complexity index is 731. The molecule has 0 aromatic heterocycles. The molecule has 0 atom stereocenters. The van der Waals surface area contributed by atoms with Crippen molar-refractivity contribution in [2.24, 2.45) is 0 Å². The zero-order chi connectivity index (χ0) is 16.2. The summed E-state index contributed by atoms with van der Waals surface area (Å²) in [4.78, 5) is -0.765. The molecule has 0 bridgehead atoms. The Hall–Kier alpha value is -2.06. The Labute approximate surface area is 125 Å². The van der Waals surface area contributed by atoms with Gasteiger partial charge in [0.05, 0.1) is 4.90 Å². The highest BCUT2D eigenvalue weighted by Crippen LogP contribution is 2.30. The van der Waals surface area contributed by atoms with E-state index in [4.69, 9.17) is 0 Å². The van der Waals surface area contributed by atoms with Gasteiger partial charge in [0.1, 0.15) is 0 Å². The van der Waals surface area contributed by atoms with Crippen molar-refractivity contribution < 1.29 is 21.6 Å². The van der Waals surface area contributed by atoms with Gasteiger partial charge in [-0.1, -0.05) is 30.3 Å². The summed E-state index contributed by atoms with van der Waals surface area (Å²) in [5, 5.41) is 0. The van der Waals surface area contributed by atoms with Gasteiger partial charge >= 0.3 is 5.51 Å². The van der Waals surface area contributed by atoms with Crippen molar-refractivity contribution in [2.75, 3.05) is 5.43 Å². The molecule has 2 aromatic carbocycles. The third kappa shape index (κ3) is 3.77. The maximum atomic E-state index is 12.5. The monoisotopic (exact) mass is 330 g/mol. The van der Waals surface area contributed by atoms with E-state index < -0.39 is 20.2 Å². The predicted molar refractivity (Wildman–Crippen MR) is 76.6 cm³/mol. The van der Waals surface area contributed by atoms with E-state index in [-0.39, 0.29) is 6.54 Å². The summed E-state index contributed by atoms with van der Waals surface area (Å²) in [6, 6.07) is 13.8. The fourth-order valence-electron chi connectivity index (χ4n) is 1.73. The molecule has 0 amide bonds. The average molecular weight is 330 g/mol. The molecule has 0 heterocycles. The summed E-state index contributed by atoms with van der Waals surface area (Å²) < 4.78 is 60.2. The van der Waals surface area contributed by atoms with Crippen molar-refractivity contribution in [3.05, 3.63) is 60.2 Å². The van der Waals surface area contributed by atoms with Gasteiger partial charge in [-0.2, -0.15) is 13.2 Å². The Morgan fingerprint density at radius 1 is 0.955 bits per heavy atom. The van der Waals surface area contributed by atoms with E-state index in [2.05, 4.69) is 10.9 Å². The predicted octanol–water partition coefficient (Wildman–Crippen LogP) is 3.10. The number of rotatable bonds is 5. The third-order valence-electron chi connectivity index (χ3n) is 2.81. The molecule has 118 valence electrons. The Balaban J connectivity index is 2.06. The van der Waals surface area contributed by atoms with Gasteiger partial charge in [0, 0.05) is 12.2 Å². The summed E-state index contributed by atoms with van der Waals surface area (Å²) >= 11 is 0. The highest BCUT2D eigenvalue weighted by atomic mass is 32.2. The van der Waals surface area contributed by atoms with Gasteiger partial charge in [0.25, 0.3) is 9.84 Å². The second kappa shape index (κ2) is 6.37. The summed E-state index contributed by atoms with van der Waals surface area (Å²) in [5.74, 6) is 0. The molecule has 4 nitrogen and oxygen atoms in total. The van der Waals surface area contributed by atoms with Gasteiger partial charge in [0.15, 0.2) is 0 Å². The number of nitrogens with one attached hydrogen (secondary N) is 2. The quantitative estimate of drug-likeness (QED) is 0.827. The van der Waals surface area contributed by atoms with E-state index in [1.807, 2.05) is 18.2 Å². The smallest absolute Gasteiger partial charge is 0.321 e. The van der Waals surface area contributed by atoms with Crippen molar-refractivity contribution in [1.29, 1.82) is 0 Å². The molecule has 0 aliphatic carbocycles. The maximum Gasteiger partial charge on any atom is 0.501 e. The number of halogens is 3. The van der Waals surface area contributed by atoms with Gasteiger partial charge in [-0.3, -0.25) is 0 Å². The third-order valence-corrected chi connectivity index (χ3v) is 4.30. The molecule has 2 rings (SSSR count). The lowest BCUT2D eigenvalue weighted by molar-refractivity contribution is -0.0436. The largest absolute Gasteiger partial charge is 0.501 e. The highest BCUT2D eigenvalue weighted by molar-refractivity contribution is 7.92. The van der Waals surface area contributed by atoms with Crippen LogP contribution in [0.2, 0.25) is 0 Å². The molecule has 0 radical (unpaired) electrons. The fourth-order valence-corrected chi connectivity index (χ4v) is 2.56. The minimum absolute atomic E-state index is 0.163. The molecule has 22 heavy (non-hydrogen) atoms. The first-order valence-electron chi connectivity index (χ1n) is 6.25. The minimum atomic E-state index is -5.32. The average Bonchev–Trinajstić information content (AvgIpc) is 2.47. The molecule has 2 aromatic rings. The number of benzene rings is 2. The van der Waals surface area contributed by atoms with E-state index in [9.17, 15) is 21.6 Å². The Morgan fingerprint density at radius 3 is 2.27 bits per heavy atom. The lowest BCUT2D eigenvalue weighted by Gasteiger charge is -2.11. The van der Waals surface area contributed by atoms with Crippen LogP contribution >= 0.6 is 0 Å². The topological polar surface area (TPSA) is 58.2 Å². The second-order valence-corrected chi connectivity index (χ2v) is 6.38. The second-order valence-electron chi connectivity index (χ2n) is 4.44. The van der Waals surface area contributed by atoms with Gasteiger partial charge in [0.2, 0.25) is 0 Å². The van der Waals surface area contributed by atoms with Crippen molar-refractivity contribution in [1.82, 2.24) is 5.43 Å². The highest BCUT2D eigenvalue weighted by Gasteiger charge is 2.46. The summed E-state index contributed by atoms with van der Waals surface area (Å²) in [6.45, 7) is 0.163. The standard InChI is InChI=1S/C14H13F3N2O2S/c15-14(16,17)22(20,21)13-8-4-5-11(9-13)10-18-19-12-6-2-1-3-7-12/h1-9,18-19H,10H2. The van der Waals surface area contributed by atoms with Crippen LogP contribution in [0.15, 0.2) is 59.5 Å². The minimum Gasteiger partial charge on any atom is -0.321 e. The number of hydrogen-bond donors (Lipinski definition) is 2. The van der Waals surface area contributed by atoms with Gasteiger partial charge in [-0.15, -0.1) is 0 Å². The van der Waals surface area contributed by atoms with Gasteiger partial charge in [-0.25, -0.2) is 13.8 Å². The van der Waals surface area contributed by atoms with Crippen LogP contribution in [0.4, 0.5) is 18.9 Å². The van der Waals surface area contributed by atoms with Crippen LogP contribution in [0.1, 0.15) is 5.56 Å². The molecular formula is C14H13F3N2O2S. The van der Waals surface area contributed by atoms with E-state index in [0.29, 0.717) is 5.56 Å². The van der Waals surface area contributed by atoms with Crippen molar-refractivity contribution >= 4 is 15.5 Å². The molecule has 0 unspecified atom stereocenters. The van der Waals surface area contributed by atoms with Crippen LogP contribution in [-0.4, -0.2) is 13.9 Å². The number of para-hydroxylation sites is 1. The van der Waals surface area contributed by atoms with E-state index in [1.165, 1.54) is 12.1 Å². The van der Waals surface area contributed by atoms with Crippen molar-refractivity contribution in [3.8, 4) is 0 Å². The number of hydrogen-bond acceptors (Lipinski definition) is 4. The molecule has 8 heteroatoms. The van der Waals surface area contributed by atoms with E-state index in [0.717, 1.165) is 17.8 Å². The van der Waals surface area contributed by atoms with Crippen LogP contribution in [-0.2, 0) is 16.4 Å². The normalized spacial score (nSPS) is 12.1. The Morgan fingerprint density at radius 2 is 1.64 bits per heavy atom. The number of anilines is 1.